The summed E-state index contributed by atoms with van der Waals surface area (Å²) in [6, 6.07) is 6.46. The molecular weight excluding hydrogens is 336 g/mol. The van der Waals surface area contributed by atoms with Crippen molar-refractivity contribution in [1.29, 1.82) is 0 Å². The first-order valence-electron chi connectivity index (χ1n) is 7.86. The molecule has 0 saturated heterocycles. The van der Waals surface area contributed by atoms with Crippen molar-refractivity contribution in [2.24, 2.45) is 5.92 Å². The minimum absolute atomic E-state index is 0. The minimum Gasteiger partial charge on any atom is -0.398 e. The van der Waals surface area contributed by atoms with Crippen LogP contribution in [0, 0.1) is 5.92 Å². The molecule has 23 heavy (non-hydrogen) atoms. The number of hydrogen-bond donors (Lipinski definition) is 2. The third-order valence-electron chi connectivity index (χ3n) is 4.34. The quantitative estimate of drug-likeness (QED) is 0.788. The fraction of sp³-hybridized carbons (Fsp3) is 0.625. The Morgan fingerprint density at radius 2 is 1.83 bits per heavy atom. The molecular formula is C16H27ClN2O3S. The first-order valence-corrected chi connectivity index (χ1v) is 9.30. The zero-order chi connectivity index (χ0) is 16.3. The van der Waals surface area contributed by atoms with Crippen LogP contribution in [0.1, 0.15) is 39.5 Å². The molecule has 3 N–H and O–H groups in total. The summed E-state index contributed by atoms with van der Waals surface area (Å²) in [5.41, 5.74) is 6.11. The Bertz CT molecular complexity index is 599. The topological polar surface area (TPSA) is 83.6 Å². The van der Waals surface area contributed by atoms with Crippen molar-refractivity contribution in [2.75, 3.05) is 12.3 Å². The molecule has 5 nitrogen and oxygen atoms in total. The van der Waals surface area contributed by atoms with Gasteiger partial charge in [-0.1, -0.05) is 19.1 Å². The third kappa shape index (κ3) is 4.83. The van der Waals surface area contributed by atoms with Gasteiger partial charge in [-0.2, -0.15) is 4.31 Å². The van der Waals surface area contributed by atoms with Gasteiger partial charge in [-0.3, -0.25) is 0 Å². The van der Waals surface area contributed by atoms with Gasteiger partial charge in [-0.15, -0.1) is 12.4 Å². The van der Waals surface area contributed by atoms with Crippen LogP contribution < -0.4 is 5.73 Å². The Labute approximate surface area is 145 Å². The van der Waals surface area contributed by atoms with Crippen LogP contribution in [0.25, 0.3) is 0 Å². The summed E-state index contributed by atoms with van der Waals surface area (Å²) in [6.07, 6.45) is 2.99. The van der Waals surface area contributed by atoms with Crippen LogP contribution in [0.4, 0.5) is 5.69 Å². The van der Waals surface area contributed by atoms with E-state index in [2.05, 4.69) is 6.92 Å². The van der Waals surface area contributed by atoms with Crippen molar-refractivity contribution in [3.8, 4) is 0 Å². The number of aliphatic hydroxyl groups excluding tert-OH is 1. The van der Waals surface area contributed by atoms with Gasteiger partial charge in [0.05, 0.1) is 11.8 Å². The molecule has 0 spiro atoms. The van der Waals surface area contributed by atoms with E-state index in [9.17, 15) is 13.5 Å². The van der Waals surface area contributed by atoms with Crippen LogP contribution in [0.15, 0.2) is 29.2 Å². The number of nitrogens with zero attached hydrogens (tertiary/aromatic N) is 1. The van der Waals surface area contributed by atoms with Gasteiger partial charge in [0.2, 0.25) is 10.0 Å². The summed E-state index contributed by atoms with van der Waals surface area (Å²) >= 11 is 0. The van der Waals surface area contributed by atoms with Crippen LogP contribution in [0.5, 0.6) is 0 Å². The Morgan fingerprint density at radius 3 is 2.35 bits per heavy atom. The monoisotopic (exact) mass is 362 g/mol. The molecule has 1 aromatic rings. The van der Waals surface area contributed by atoms with Crippen molar-refractivity contribution >= 4 is 28.1 Å². The fourth-order valence-corrected chi connectivity index (χ4v) is 4.96. The molecule has 1 saturated carbocycles. The van der Waals surface area contributed by atoms with Crippen molar-refractivity contribution in [1.82, 2.24) is 4.31 Å². The molecule has 0 heterocycles. The first-order chi connectivity index (χ1) is 10.3. The largest absolute Gasteiger partial charge is 0.398 e. The second-order valence-electron chi connectivity index (χ2n) is 6.38. The van der Waals surface area contributed by atoms with E-state index in [1.807, 2.05) is 0 Å². The summed E-state index contributed by atoms with van der Waals surface area (Å²) in [4.78, 5) is 0.134. The highest BCUT2D eigenvalue weighted by molar-refractivity contribution is 7.89. The van der Waals surface area contributed by atoms with Gasteiger partial charge in [-0.25, -0.2) is 8.42 Å². The molecule has 2 rings (SSSR count). The number of nitrogen functional groups attached to an aromatic ring is 1. The van der Waals surface area contributed by atoms with E-state index in [1.165, 1.54) is 10.4 Å². The second-order valence-corrected chi connectivity index (χ2v) is 8.23. The summed E-state index contributed by atoms with van der Waals surface area (Å²) < 4.78 is 27.5. The normalized spacial score (nSPS) is 23.3. The number of anilines is 1. The van der Waals surface area contributed by atoms with Crippen LogP contribution in [-0.4, -0.2) is 36.5 Å². The molecule has 0 aliphatic heterocycles. The van der Waals surface area contributed by atoms with Gasteiger partial charge in [0.15, 0.2) is 0 Å². The lowest BCUT2D eigenvalue weighted by molar-refractivity contribution is 0.130. The number of para-hydroxylation sites is 1. The van der Waals surface area contributed by atoms with Crippen LogP contribution in [0.2, 0.25) is 0 Å². The summed E-state index contributed by atoms with van der Waals surface area (Å²) in [6.45, 7) is 3.91. The van der Waals surface area contributed by atoms with E-state index < -0.39 is 16.1 Å². The highest BCUT2D eigenvalue weighted by Crippen LogP contribution is 2.32. The van der Waals surface area contributed by atoms with Crippen molar-refractivity contribution in [3.05, 3.63) is 24.3 Å². The van der Waals surface area contributed by atoms with Gasteiger partial charge in [0, 0.05) is 12.6 Å². The van der Waals surface area contributed by atoms with Gasteiger partial charge in [0.1, 0.15) is 4.90 Å². The van der Waals surface area contributed by atoms with Crippen molar-refractivity contribution in [2.45, 2.75) is 56.6 Å². The molecule has 1 aliphatic rings. The predicted molar refractivity (Wildman–Crippen MR) is 95.1 cm³/mol. The number of sulfonamides is 1. The van der Waals surface area contributed by atoms with E-state index in [-0.39, 0.29) is 35.6 Å². The third-order valence-corrected chi connectivity index (χ3v) is 6.33. The second kappa shape index (κ2) is 8.33. The molecule has 132 valence electrons. The van der Waals surface area contributed by atoms with Crippen LogP contribution in [-0.2, 0) is 10.0 Å². The lowest BCUT2D eigenvalue weighted by Gasteiger charge is -2.36. The van der Waals surface area contributed by atoms with Crippen LogP contribution >= 0.6 is 12.4 Å². The van der Waals surface area contributed by atoms with Gasteiger partial charge >= 0.3 is 0 Å². The van der Waals surface area contributed by atoms with Gasteiger partial charge in [-0.05, 0) is 50.7 Å². The standard InChI is InChI=1S/C16H26N2O3S.ClH/c1-12-7-9-14(10-8-12)18(11-13(2)19)22(20,21)16-6-4-3-5-15(16)17;/h3-6,12-14,19H,7-11,17H2,1-2H3;1H. The van der Waals surface area contributed by atoms with Crippen molar-refractivity contribution < 1.29 is 13.5 Å². The average molecular weight is 363 g/mol. The van der Waals surface area contributed by atoms with E-state index in [0.29, 0.717) is 5.92 Å². The Kier molecular flexibility index (Phi) is 7.32. The predicted octanol–water partition coefficient (Wildman–Crippen LogP) is 2.64. The minimum atomic E-state index is -3.70. The molecule has 0 bridgehead atoms. The lowest BCUT2D eigenvalue weighted by Crippen LogP contribution is -2.45. The molecule has 1 fully saturated rings. The van der Waals surface area contributed by atoms with E-state index in [1.54, 1.807) is 25.1 Å². The molecule has 0 radical (unpaired) electrons. The highest BCUT2D eigenvalue weighted by Gasteiger charge is 2.35. The lowest BCUT2D eigenvalue weighted by atomic mass is 9.87. The maximum absolute atomic E-state index is 13.0. The molecule has 0 amide bonds. The highest BCUT2D eigenvalue weighted by atomic mass is 35.5. The number of halogens is 1. The SMILES string of the molecule is CC(O)CN(C1CCC(C)CC1)S(=O)(=O)c1ccccc1N.Cl. The smallest absolute Gasteiger partial charge is 0.245 e. The van der Waals surface area contributed by atoms with E-state index >= 15 is 0 Å². The molecule has 1 unspecified atom stereocenters. The number of nitrogens with two attached hydrogens (primary N) is 1. The zero-order valence-corrected chi connectivity index (χ0v) is 15.3. The maximum Gasteiger partial charge on any atom is 0.245 e. The molecule has 1 aromatic carbocycles. The molecule has 1 aliphatic carbocycles. The molecule has 1 atom stereocenters. The summed E-state index contributed by atoms with van der Waals surface area (Å²) in [7, 11) is -3.70. The van der Waals surface area contributed by atoms with Gasteiger partial charge < -0.3 is 10.8 Å². The maximum atomic E-state index is 13.0. The van der Waals surface area contributed by atoms with E-state index in [4.69, 9.17) is 5.73 Å². The fourth-order valence-electron chi connectivity index (χ4n) is 3.08. The van der Waals surface area contributed by atoms with Gasteiger partial charge in [0.25, 0.3) is 0 Å². The Morgan fingerprint density at radius 1 is 1.26 bits per heavy atom. The number of aliphatic hydroxyl groups is 1. The zero-order valence-electron chi connectivity index (χ0n) is 13.7. The number of rotatable bonds is 5. The molecule has 7 heteroatoms. The van der Waals surface area contributed by atoms with Crippen molar-refractivity contribution in [3.63, 3.8) is 0 Å². The Balaban J connectivity index is 0.00000264. The first kappa shape index (κ1) is 20.2. The molecule has 0 aromatic heterocycles. The Hall–Kier alpha value is -0.820. The average Bonchev–Trinajstić information content (AvgIpc) is 2.46. The number of hydrogen-bond acceptors (Lipinski definition) is 4. The summed E-state index contributed by atoms with van der Waals surface area (Å²) in [5.74, 6) is 0.633. The summed E-state index contributed by atoms with van der Waals surface area (Å²) in [5, 5.41) is 9.75. The van der Waals surface area contributed by atoms with E-state index in [0.717, 1.165) is 25.7 Å². The number of benzene rings is 1. The van der Waals surface area contributed by atoms with Crippen LogP contribution in [0.3, 0.4) is 0 Å².